The smallest absolute Gasteiger partial charge is 0.195 e. The zero-order chi connectivity index (χ0) is 10.1. The van der Waals surface area contributed by atoms with Crippen LogP contribution in [0.5, 0.6) is 0 Å². The standard InChI is InChI=1S/C7H10N6S/c1-5-10-11-7(14)13(5)3-6-8-4-9-12(6)2/h4H,3H2,1-2H3,(H,11,14). The predicted octanol–water partition coefficient (Wildman–Crippen LogP) is 0.426. The summed E-state index contributed by atoms with van der Waals surface area (Å²) in [5.41, 5.74) is 0. The van der Waals surface area contributed by atoms with Gasteiger partial charge in [-0.15, -0.1) is 0 Å². The number of hydrogen-bond donors (Lipinski definition) is 1. The van der Waals surface area contributed by atoms with Gasteiger partial charge in [0, 0.05) is 7.05 Å². The van der Waals surface area contributed by atoms with Crippen molar-refractivity contribution in [2.75, 3.05) is 0 Å². The van der Waals surface area contributed by atoms with E-state index >= 15 is 0 Å². The monoisotopic (exact) mass is 210 g/mol. The van der Waals surface area contributed by atoms with Crippen molar-refractivity contribution in [3.05, 3.63) is 22.7 Å². The van der Waals surface area contributed by atoms with Gasteiger partial charge in [-0.2, -0.15) is 10.2 Å². The number of rotatable bonds is 2. The molecule has 0 atom stereocenters. The molecule has 0 aliphatic rings. The molecule has 0 aliphatic carbocycles. The summed E-state index contributed by atoms with van der Waals surface area (Å²) in [4.78, 5) is 4.12. The van der Waals surface area contributed by atoms with Crippen molar-refractivity contribution in [1.29, 1.82) is 0 Å². The molecule has 6 nitrogen and oxygen atoms in total. The van der Waals surface area contributed by atoms with E-state index in [4.69, 9.17) is 12.2 Å². The van der Waals surface area contributed by atoms with Crippen molar-refractivity contribution in [3.8, 4) is 0 Å². The van der Waals surface area contributed by atoms with Crippen LogP contribution in [0.25, 0.3) is 0 Å². The summed E-state index contributed by atoms with van der Waals surface area (Å²) in [5, 5.41) is 10.7. The summed E-state index contributed by atoms with van der Waals surface area (Å²) < 4.78 is 4.19. The van der Waals surface area contributed by atoms with Gasteiger partial charge in [0.2, 0.25) is 0 Å². The van der Waals surface area contributed by atoms with E-state index in [0.29, 0.717) is 11.3 Å². The van der Waals surface area contributed by atoms with Crippen LogP contribution in [0.15, 0.2) is 6.33 Å². The first-order valence-electron chi connectivity index (χ1n) is 4.13. The highest BCUT2D eigenvalue weighted by atomic mass is 32.1. The topological polar surface area (TPSA) is 64.3 Å². The Bertz CT molecular complexity index is 492. The Kier molecular flexibility index (Phi) is 2.16. The summed E-state index contributed by atoms with van der Waals surface area (Å²) in [7, 11) is 1.85. The van der Waals surface area contributed by atoms with Crippen molar-refractivity contribution in [1.82, 2.24) is 29.5 Å². The molecule has 2 rings (SSSR count). The van der Waals surface area contributed by atoms with Gasteiger partial charge in [-0.3, -0.25) is 14.3 Å². The maximum Gasteiger partial charge on any atom is 0.195 e. The lowest BCUT2D eigenvalue weighted by molar-refractivity contribution is 0.638. The molecule has 74 valence electrons. The molecule has 0 fully saturated rings. The van der Waals surface area contributed by atoms with Crippen LogP contribution in [-0.2, 0) is 13.6 Å². The summed E-state index contributed by atoms with van der Waals surface area (Å²) >= 11 is 5.08. The van der Waals surface area contributed by atoms with Gasteiger partial charge in [0.15, 0.2) is 4.77 Å². The van der Waals surface area contributed by atoms with Gasteiger partial charge in [-0.1, -0.05) is 0 Å². The third kappa shape index (κ3) is 1.46. The minimum Gasteiger partial charge on any atom is -0.297 e. The Morgan fingerprint density at radius 3 is 2.86 bits per heavy atom. The summed E-state index contributed by atoms with van der Waals surface area (Å²) in [6.07, 6.45) is 1.52. The minimum absolute atomic E-state index is 0.595. The predicted molar refractivity (Wildman–Crippen MR) is 52.3 cm³/mol. The number of aromatic nitrogens is 6. The van der Waals surface area contributed by atoms with E-state index < -0.39 is 0 Å². The number of H-pyrrole nitrogens is 1. The van der Waals surface area contributed by atoms with E-state index in [9.17, 15) is 0 Å². The Morgan fingerprint density at radius 1 is 1.57 bits per heavy atom. The van der Waals surface area contributed by atoms with Crippen molar-refractivity contribution < 1.29 is 0 Å². The maximum absolute atomic E-state index is 5.08. The van der Waals surface area contributed by atoms with Gasteiger partial charge >= 0.3 is 0 Å². The lowest BCUT2D eigenvalue weighted by atomic mass is 10.5. The van der Waals surface area contributed by atoms with Crippen LogP contribution in [0.2, 0.25) is 0 Å². The van der Waals surface area contributed by atoms with E-state index in [1.165, 1.54) is 6.33 Å². The van der Waals surface area contributed by atoms with Crippen molar-refractivity contribution in [3.63, 3.8) is 0 Å². The first kappa shape index (κ1) is 9.07. The number of aryl methyl sites for hydroxylation is 2. The van der Waals surface area contributed by atoms with Gasteiger partial charge in [0.05, 0.1) is 6.54 Å². The highest BCUT2D eigenvalue weighted by Gasteiger charge is 2.05. The fourth-order valence-electron chi connectivity index (χ4n) is 1.19. The van der Waals surface area contributed by atoms with E-state index in [1.807, 2.05) is 18.5 Å². The SMILES string of the molecule is Cc1n[nH]c(=S)n1Cc1ncnn1C. The van der Waals surface area contributed by atoms with Gasteiger partial charge in [-0.25, -0.2) is 4.98 Å². The van der Waals surface area contributed by atoms with E-state index in [-0.39, 0.29) is 0 Å². The quantitative estimate of drug-likeness (QED) is 0.730. The molecule has 0 bridgehead atoms. The van der Waals surface area contributed by atoms with E-state index in [2.05, 4.69) is 20.3 Å². The molecule has 2 aromatic heterocycles. The third-order valence-corrected chi connectivity index (χ3v) is 2.37. The highest BCUT2D eigenvalue weighted by Crippen LogP contribution is 2.00. The first-order valence-corrected chi connectivity index (χ1v) is 4.54. The Hall–Kier alpha value is -1.50. The molecule has 0 aliphatic heterocycles. The molecule has 0 saturated heterocycles. The molecule has 0 amide bonds. The summed E-state index contributed by atoms with van der Waals surface area (Å²) in [6, 6.07) is 0. The van der Waals surface area contributed by atoms with Crippen LogP contribution in [0, 0.1) is 11.7 Å². The molecule has 0 aromatic carbocycles. The molecule has 0 saturated carbocycles. The molecule has 0 radical (unpaired) electrons. The fraction of sp³-hybridized carbons (Fsp3) is 0.429. The number of aromatic amines is 1. The number of nitrogens with one attached hydrogen (secondary N) is 1. The van der Waals surface area contributed by atoms with Gasteiger partial charge in [0.25, 0.3) is 0 Å². The highest BCUT2D eigenvalue weighted by molar-refractivity contribution is 7.71. The molecular formula is C7H10N6S. The number of nitrogens with zero attached hydrogens (tertiary/aromatic N) is 5. The van der Waals surface area contributed by atoms with Crippen molar-refractivity contribution in [2.45, 2.75) is 13.5 Å². The van der Waals surface area contributed by atoms with Gasteiger partial charge in [-0.05, 0) is 19.1 Å². The lowest BCUT2D eigenvalue weighted by Gasteiger charge is -2.02. The maximum atomic E-state index is 5.08. The molecule has 14 heavy (non-hydrogen) atoms. The third-order valence-electron chi connectivity index (χ3n) is 2.05. The Morgan fingerprint density at radius 2 is 2.36 bits per heavy atom. The average Bonchev–Trinajstić information content (AvgIpc) is 2.67. The van der Waals surface area contributed by atoms with Crippen LogP contribution in [0.3, 0.4) is 0 Å². The molecule has 0 spiro atoms. The van der Waals surface area contributed by atoms with Crippen LogP contribution in [0.1, 0.15) is 11.6 Å². The molecular weight excluding hydrogens is 200 g/mol. The largest absolute Gasteiger partial charge is 0.297 e. The van der Waals surface area contributed by atoms with E-state index in [0.717, 1.165) is 11.6 Å². The molecule has 2 aromatic rings. The normalized spacial score (nSPS) is 10.7. The molecule has 7 heteroatoms. The lowest BCUT2D eigenvalue weighted by Crippen LogP contribution is -2.08. The van der Waals surface area contributed by atoms with Crippen LogP contribution in [0.4, 0.5) is 0 Å². The zero-order valence-corrected chi connectivity index (χ0v) is 8.75. The Labute approximate surface area is 85.6 Å². The first-order chi connectivity index (χ1) is 6.68. The van der Waals surface area contributed by atoms with Crippen molar-refractivity contribution >= 4 is 12.2 Å². The summed E-state index contributed by atoms with van der Waals surface area (Å²) in [5.74, 6) is 1.70. The van der Waals surface area contributed by atoms with Gasteiger partial charge in [0.1, 0.15) is 18.0 Å². The molecule has 0 unspecified atom stereocenters. The van der Waals surface area contributed by atoms with Crippen molar-refractivity contribution in [2.24, 2.45) is 7.05 Å². The second kappa shape index (κ2) is 3.33. The summed E-state index contributed by atoms with van der Waals surface area (Å²) in [6.45, 7) is 2.49. The second-order valence-electron chi connectivity index (χ2n) is 2.96. The van der Waals surface area contributed by atoms with Crippen LogP contribution >= 0.6 is 12.2 Å². The average molecular weight is 210 g/mol. The molecule has 1 N–H and O–H groups in total. The minimum atomic E-state index is 0.595. The second-order valence-corrected chi connectivity index (χ2v) is 3.35. The van der Waals surface area contributed by atoms with E-state index in [1.54, 1.807) is 4.68 Å². The molecule has 2 heterocycles. The fourth-order valence-corrected chi connectivity index (χ4v) is 1.43. The van der Waals surface area contributed by atoms with Gasteiger partial charge < -0.3 is 0 Å². The Balaban J connectivity index is 2.36. The van der Waals surface area contributed by atoms with Crippen LogP contribution in [-0.4, -0.2) is 29.5 Å². The zero-order valence-electron chi connectivity index (χ0n) is 7.93. The number of hydrogen-bond acceptors (Lipinski definition) is 4. The van der Waals surface area contributed by atoms with Crippen LogP contribution < -0.4 is 0 Å².